The molecule has 0 aliphatic rings. The Balaban J connectivity index is 2.06. The Bertz CT molecular complexity index is 923. The lowest BCUT2D eigenvalue weighted by molar-refractivity contribution is 0.581. The molecule has 0 bridgehead atoms. The quantitative estimate of drug-likeness (QED) is 0.763. The number of hydrogen-bond acceptors (Lipinski definition) is 4. The van der Waals surface area contributed by atoms with Gasteiger partial charge in [0.1, 0.15) is 4.90 Å². The predicted molar refractivity (Wildman–Crippen MR) is 93.2 cm³/mol. The molecule has 3 N–H and O–H groups in total. The van der Waals surface area contributed by atoms with Gasteiger partial charge in [0.25, 0.3) is 0 Å². The maximum absolute atomic E-state index is 12.3. The van der Waals surface area contributed by atoms with E-state index in [1.54, 1.807) is 18.2 Å². The highest BCUT2D eigenvalue weighted by Crippen LogP contribution is 2.28. The van der Waals surface area contributed by atoms with Crippen LogP contribution in [0.25, 0.3) is 0 Å². The van der Waals surface area contributed by atoms with Gasteiger partial charge in [-0.05, 0) is 36.2 Å². The Morgan fingerprint density at radius 1 is 0.917 bits per heavy atom. The molecule has 0 heterocycles. The van der Waals surface area contributed by atoms with Crippen LogP contribution in [0.5, 0.6) is 0 Å². The van der Waals surface area contributed by atoms with Gasteiger partial charge in [0.2, 0.25) is 20.0 Å². The van der Waals surface area contributed by atoms with Crippen molar-refractivity contribution in [3.05, 3.63) is 58.1 Å². The molecule has 0 spiro atoms. The van der Waals surface area contributed by atoms with Gasteiger partial charge in [-0.3, -0.25) is 0 Å². The zero-order valence-corrected chi connectivity index (χ0v) is 15.4. The van der Waals surface area contributed by atoms with Crippen molar-refractivity contribution in [2.75, 3.05) is 6.54 Å². The van der Waals surface area contributed by atoms with Gasteiger partial charge >= 0.3 is 0 Å². The fourth-order valence-electron chi connectivity index (χ4n) is 1.99. The Morgan fingerprint density at radius 2 is 1.46 bits per heavy atom. The molecule has 24 heavy (non-hydrogen) atoms. The van der Waals surface area contributed by atoms with Crippen molar-refractivity contribution in [2.45, 2.75) is 16.2 Å². The van der Waals surface area contributed by atoms with E-state index in [-0.39, 0.29) is 26.4 Å². The Kier molecular flexibility index (Phi) is 5.90. The van der Waals surface area contributed by atoms with E-state index in [1.165, 1.54) is 24.3 Å². The lowest BCUT2D eigenvalue weighted by Gasteiger charge is -2.10. The molecule has 6 nitrogen and oxygen atoms in total. The highest BCUT2D eigenvalue weighted by molar-refractivity contribution is 7.89. The number of nitrogens with two attached hydrogens (primary N) is 1. The standard InChI is InChI=1S/C14H14Cl2N2O4S2/c15-12-2-1-3-13(16)14(12)24(21,22)18-9-8-10-4-6-11(7-5-10)23(17,19)20/h1-7,18H,8-9H2,(H2,17,19,20). The zero-order valence-electron chi connectivity index (χ0n) is 12.2. The molecule has 0 saturated carbocycles. The lowest BCUT2D eigenvalue weighted by Crippen LogP contribution is -2.26. The molecule has 0 unspecified atom stereocenters. The molecule has 0 aliphatic heterocycles. The largest absolute Gasteiger partial charge is 0.243 e. The molecule has 0 radical (unpaired) electrons. The van der Waals surface area contributed by atoms with Crippen LogP contribution in [-0.2, 0) is 26.5 Å². The first-order valence-corrected chi connectivity index (χ1v) is 10.5. The Morgan fingerprint density at radius 3 is 1.96 bits per heavy atom. The highest BCUT2D eigenvalue weighted by Gasteiger charge is 2.20. The molecule has 0 atom stereocenters. The van der Waals surface area contributed by atoms with Crippen LogP contribution in [0.2, 0.25) is 10.0 Å². The van der Waals surface area contributed by atoms with Crippen LogP contribution in [0.15, 0.2) is 52.3 Å². The fraction of sp³-hybridized carbons (Fsp3) is 0.143. The van der Waals surface area contributed by atoms with E-state index < -0.39 is 20.0 Å². The fourth-order valence-corrected chi connectivity index (χ4v) is 4.67. The summed E-state index contributed by atoms with van der Waals surface area (Å²) in [5, 5.41) is 5.08. The second-order valence-corrected chi connectivity index (χ2v) is 8.97. The van der Waals surface area contributed by atoms with Crippen molar-refractivity contribution in [1.82, 2.24) is 4.72 Å². The van der Waals surface area contributed by atoms with E-state index in [0.717, 1.165) is 5.56 Å². The van der Waals surface area contributed by atoms with Gasteiger partial charge in [-0.2, -0.15) is 0 Å². The molecule has 0 aliphatic carbocycles. The van der Waals surface area contributed by atoms with Crippen molar-refractivity contribution in [3.63, 3.8) is 0 Å². The average molecular weight is 409 g/mol. The van der Waals surface area contributed by atoms with Gasteiger partial charge in [-0.1, -0.05) is 41.4 Å². The van der Waals surface area contributed by atoms with E-state index in [1.807, 2.05) is 0 Å². The van der Waals surface area contributed by atoms with Crippen LogP contribution < -0.4 is 9.86 Å². The summed E-state index contributed by atoms with van der Waals surface area (Å²) in [6, 6.07) is 10.3. The molecule has 2 aromatic carbocycles. The summed E-state index contributed by atoms with van der Waals surface area (Å²) in [5.41, 5.74) is 0.746. The monoisotopic (exact) mass is 408 g/mol. The smallest absolute Gasteiger partial charge is 0.225 e. The third-order valence-corrected chi connectivity index (χ3v) is 6.49. The van der Waals surface area contributed by atoms with Crippen molar-refractivity contribution in [2.24, 2.45) is 5.14 Å². The molecule has 2 rings (SSSR count). The third kappa shape index (κ3) is 4.69. The summed E-state index contributed by atoms with van der Waals surface area (Å²) in [7, 11) is -7.60. The number of nitrogens with one attached hydrogen (secondary N) is 1. The normalized spacial score (nSPS) is 12.3. The van der Waals surface area contributed by atoms with Gasteiger partial charge in [-0.15, -0.1) is 0 Å². The van der Waals surface area contributed by atoms with E-state index >= 15 is 0 Å². The van der Waals surface area contributed by atoms with Crippen LogP contribution in [0.4, 0.5) is 0 Å². The third-order valence-electron chi connectivity index (χ3n) is 3.15. The second kappa shape index (κ2) is 7.38. The number of primary sulfonamides is 1. The molecule has 130 valence electrons. The number of halogens is 2. The van der Waals surface area contributed by atoms with Gasteiger partial charge in [-0.25, -0.2) is 26.7 Å². The van der Waals surface area contributed by atoms with Gasteiger partial charge in [0, 0.05) is 6.54 Å². The van der Waals surface area contributed by atoms with Gasteiger partial charge in [0.15, 0.2) is 0 Å². The minimum absolute atomic E-state index is 0.00493. The van der Waals surface area contributed by atoms with Crippen molar-refractivity contribution >= 4 is 43.2 Å². The predicted octanol–water partition coefficient (Wildman–Crippen LogP) is 2.16. The van der Waals surface area contributed by atoms with Crippen LogP contribution in [0.1, 0.15) is 5.56 Å². The summed E-state index contributed by atoms with van der Waals surface area (Å²) in [6.07, 6.45) is 0.353. The van der Waals surface area contributed by atoms with Crippen LogP contribution in [0.3, 0.4) is 0 Å². The molecule has 0 aromatic heterocycles. The lowest BCUT2D eigenvalue weighted by atomic mass is 10.2. The van der Waals surface area contributed by atoms with E-state index in [0.29, 0.717) is 6.42 Å². The van der Waals surface area contributed by atoms with E-state index in [4.69, 9.17) is 28.3 Å². The summed E-state index contributed by atoms with van der Waals surface area (Å²) >= 11 is 11.8. The highest BCUT2D eigenvalue weighted by atomic mass is 35.5. The molecule has 0 fully saturated rings. The summed E-state index contributed by atoms with van der Waals surface area (Å²) in [4.78, 5) is -0.174. The summed E-state index contributed by atoms with van der Waals surface area (Å²) < 4.78 is 49.3. The Hall–Kier alpha value is -1.16. The minimum atomic E-state index is -3.85. The maximum Gasteiger partial charge on any atom is 0.243 e. The van der Waals surface area contributed by atoms with Gasteiger partial charge in [0.05, 0.1) is 14.9 Å². The van der Waals surface area contributed by atoms with Crippen molar-refractivity contribution in [3.8, 4) is 0 Å². The molecule has 2 aromatic rings. The SMILES string of the molecule is NS(=O)(=O)c1ccc(CCNS(=O)(=O)c2c(Cl)cccc2Cl)cc1. The molecular weight excluding hydrogens is 395 g/mol. The van der Waals surface area contributed by atoms with Crippen LogP contribution in [0, 0.1) is 0 Å². The van der Waals surface area contributed by atoms with Gasteiger partial charge < -0.3 is 0 Å². The van der Waals surface area contributed by atoms with Crippen molar-refractivity contribution < 1.29 is 16.8 Å². The van der Waals surface area contributed by atoms with Crippen molar-refractivity contribution in [1.29, 1.82) is 0 Å². The van der Waals surface area contributed by atoms with E-state index in [9.17, 15) is 16.8 Å². The number of sulfonamides is 2. The number of hydrogen-bond donors (Lipinski definition) is 2. The zero-order chi connectivity index (χ0) is 18.0. The molecular formula is C14H14Cl2N2O4S2. The second-order valence-electron chi connectivity index (χ2n) is 4.89. The molecule has 10 heteroatoms. The summed E-state index contributed by atoms with van der Waals surface area (Å²) in [6.45, 7) is 0.0958. The molecule has 0 amide bonds. The first-order valence-electron chi connectivity index (χ1n) is 6.67. The van der Waals surface area contributed by atoms with Crippen LogP contribution >= 0.6 is 23.2 Å². The Labute approximate surface area is 150 Å². The minimum Gasteiger partial charge on any atom is -0.225 e. The first-order chi connectivity index (χ1) is 11.1. The molecule has 0 saturated heterocycles. The average Bonchev–Trinajstić information content (AvgIpc) is 2.46. The van der Waals surface area contributed by atoms with Crippen LogP contribution in [-0.4, -0.2) is 23.4 Å². The topological polar surface area (TPSA) is 106 Å². The number of rotatable bonds is 6. The maximum atomic E-state index is 12.3. The van der Waals surface area contributed by atoms with E-state index in [2.05, 4.69) is 4.72 Å². The summed E-state index contributed by atoms with van der Waals surface area (Å²) in [5.74, 6) is 0. The number of benzene rings is 2. The first kappa shape index (κ1) is 19.2.